The minimum atomic E-state index is -4.28. The molecular formula is C5H15O4PSi. The summed E-state index contributed by atoms with van der Waals surface area (Å²) in [5.41, 5.74) is 0.204. The van der Waals surface area contributed by atoms with E-state index in [0.717, 1.165) is 0 Å². The first-order chi connectivity index (χ1) is 4.65. The van der Waals surface area contributed by atoms with Gasteiger partial charge in [-0.15, -0.1) is 0 Å². The standard InChI is InChI=1S/C5H15O4PSi/c1-5(2)11(3,4)9-10(6,7)8/h5H,1-4H3,(H2,6,7,8). The summed E-state index contributed by atoms with van der Waals surface area (Å²) in [6.45, 7) is 7.39. The minimum Gasteiger partial charge on any atom is -0.330 e. The molecule has 0 saturated carbocycles. The highest BCUT2D eigenvalue weighted by atomic mass is 31.2. The Morgan fingerprint density at radius 3 is 1.82 bits per heavy atom. The van der Waals surface area contributed by atoms with E-state index in [0.29, 0.717) is 0 Å². The molecule has 68 valence electrons. The summed E-state index contributed by atoms with van der Waals surface area (Å²) in [6, 6.07) is 0. The Kier molecular flexibility index (Phi) is 3.47. The van der Waals surface area contributed by atoms with Crippen molar-refractivity contribution >= 4 is 16.1 Å². The van der Waals surface area contributed by atoms with Gasteiger partial charge in [0.15, 0.2) is 0 Å². The highest BCUT2D eigenvalue weighted by Gasteiger charge is 2.34. The fourth-order valence-electron chi connectivity index (χ4n) is 0.412. The molecule has 4 nitrogen and oxygen atoms in total. The minimum absolute atomic E-state index is 0.204. The Balaban J connectivity index is 4.25. The molecule has 0 aliphatic heterocycles. The average molecular weight is 198 g/mol. The molecule has 0 rings (SSSR count). The zero-order chi connectivity index (χ0) is 9.28. The fraction of sp³-hybridized carbons (Fsp3) is 1.00. The lowest BCUT2D eigenvalue weighted by Gasteiger charge is -2.26. The van der Waals surface area contributed by atoms with E-state index < -0.39 is 16.1 Å². The van der Waals surface area contributed by atoms with Crippen molar-refractivity contribution in [3.8, 4) is 0 Å². The van der Waals surface area contributed by atoms with Crippen LogP contribution in [0.5, 0.6) is 0 Å². The van der Waals surface area contributed by atoms with Crippen LogP contribution in [0.25, 0.3) is 0 Å². The molecule has 0 spiro atoms. The van der Waals surface area contributed by atoms with Gasteiger partial charge in [0.25, 0.3) is 0 Å². The summed E-state index contributed by atoms with van der Waals surface area (Å²) in [4.78, 5) is 17.1. The predicted molar refractivity (Wildman–Crippen MR) is 45.7 cm³/mol. The number of rotatable bonds is 3. The molecule has 0 aromatic heterocycles. The van der Waals surface area contributed by atoms with Gasteiger partial charge in [0.05, 0.1) is 0 Å². The molecule has 0 unspecified atom stereocenters. The highest BCUT2D eigenvalue weighted by Crippen LogP contribution is 2.42. The first-order valence-electron chi connectivity index (χ1n) is 3.41. The SMILES string of the molecule is CC(C)[Si](C)(C)OP(=O)(O)O. The Labute approximate surface area is 68.0 Å². The van der Waals surface area contributed by atoms with E-state index in [4.69, 9.17) is 14.0 Å². The lowest BCUT2D eigenvalue weighted by Crippen LogP contribution is -2.32. The van der Waals surface area contributed by atoms with Gasteiger partial charge in [-0.05, 0) is 18.6 Å². The summed E-state index contributed by atoms with van der Waals surface area (Å²) < 4.78 is 15.2. The fourth-order valence-corrected chi connectivity index (χ4v) is 3.71. The van der Waals surface area contributed by atoms with Crippen LogP contribution in [0.4, 0.5) is 0 Å². The van der Waals surface area contributed by atoms with Crippen molar-refractivity contribution < 1.29 is 18.6 Å². The smallest absolute Gasteiger partial charge is 0.330 e. The van der Waals surface area contributed by atoms with Crippen LogP contribution in [0.3, 0.4) is 0 Å². The van der Waals surface area contributed by atoms with Crippen molar-refractivity contribution in [2.24, 2.45) is 0 Å². The van der Waals surface area contributed by atoms with E-state index in [1.54, 1.807) is 13.1 Å². The first-order valence-corrected chi connectivity index (χ1v) is 7.93. The van der Waals surface area contributed by atoms with E-state index in [-0.39, 0.29) is 5.54 Å². The van der Waals surface area contributed by atoms with Crippen LogP contribution in [-0.2, 0) is 8.78 Å². The van der Waals surface area contributed by atoms with Gasteiger partial charge in [-0.25, -0.2) is 4.57 Å². The van der Waals surface area contributed by atoms with Gasteiger partial charge in [0.1, 0.15) is 0 Å². The summed E-state index contributed by atoms with van der Waals surface area (Å²) in [7, 11) is -6.46. The van der Waals surface area contributed by atoms with Crippen LogP contribution >= 0.6 is 7.82 Å². The molecule has 0 atom stereocenters. The maximum atomic E-state index is 10.5. The van der Waals surface area contributed by atoms with Crippen LogP contribution in [0.2, 0.25) is 18.6 Å². The Morgan fingerprint density at radius 2 is 1.73 bits per heavy atom. The molecule has 0 heterocycles. The quantitative estimate of drug-likeness (QED) is 0.535. The molecule has 0 amide bonds. The van der Waals surface area contributed by atoms with Crippen molar-refractivity contribution in [2.45, 2.75) is 32.5 Å². The molecule has 0 aromatic rings. The molecule has 0 radical (unpaired) electrons. The van der Waals surface area contributed by atoms with Gasteiger partial charge < -0.3 is 14.0 Å². The van der Waals surface area contributed by atoms with Gasteiger partial charge in [-0.2, -0.15) is 0 Å². The highest BCUT2D eigenvalue weighted by molar-refractivity contribution is 7.48. The van der Waals surface area contributed by atoms with Crippen molar-refractivity contribution in [2.75, 3.05) is 0 Å². The molecule has 6 heteroatoms. The second kappa shape index (κ2) is 3.37. The van der Waals surface area contributed by atoms with Gasteiger partial charge in [-0.3, -0.25) is 0 Å². The second-order valence-corrected chi connectivity index (χ2v) is 9.41. The molecular weight excluding hydrogens is 183 g/mol. The Morgan fingerprint density at radius 1 is 1.36 bits per heavy atom. The third-order valence-corrected chi connectivity index (χ3v) is 7.36. The normalized spacial score (nSPS) is 14.1. The Bertz CT molecular complexity index is 173. The summed E-state index contributed by atoms with van der Waals surface area (Å²) in [5, 5.41) is 0. The maximum Gasteiger partial charge on any atom is 0.459 e. The number of phosphoric acid groups is 1. The third kappa shape index (κ3) is 4.71. The van der Waals surface area contributed by atoms with Gasteiger partial charge >= 0.3 is 7.82 Å². The lowest BCUT2D eigenvalue weighted by atomic mass is 10.6. The third-order valence-electron chi connectivity index (χ3n) is 1.74. The van der Waals surface area contributed by atoms with Crippen LogP contribution in [0.15, 0.2) is 0 Å². The van der Waals surface area contributed by atoms with Crippen molar-refractivity contribution in [3.05, 3.63) is 0 Å². The molecule has 0 saturated heterocycles. The van der Waals surface area contributed by atoms with Gasteiger partial charge in [0.2, 0.25) is 8.32 Å². The van der Waals surface area contributed by atoms with E-state index in [9.17, 15) is 4.57 Å². The van der Waals surface area contributed by atoms with Gasteiger partial charge in [0, 0.05) is 0 Å². The Hall–Kier alpha value is 0.327. The zero-order valence-electron chi connectivity index (χ0n) is 7.24. The molecule has 0 aliphatic rings. The zero-order valence-corrected chi connectivity index (χ0v) is 9.13. The molecule has 11 heavy (non-hydrogen) atoms. The average Bonchev–Trinajstić information content (AvgIpc) is 1.56. The van der Waals surface area contributed by atoms with Crippen LogP contribution in [-0.4, -0.2) is 18.1 Å². The van der Waals surface area contributed by atoms with E-state index in [1.165, 1.54) is 0 Å². The molecule has 0 aliphatic carbocycles. The van der Waals surface area contributed by atoms with E-state index in [2.05, 4.69) is 0 Å². The monoisotopic (exact) mass is 198 g/mol. The summed E-state index contributed by atoms with van der Waals surface area (Å²) in [6.07, 6.45) is 0. The van der Waals surface area contributed by atoms with E-state index >= 15 is 0 Å². The summed E-state index contributed by atoms with van der Waals surface area (Å²) >= 11 is 0. The lowest BCUT2D eigenvalue weighted by molar-refractivity contribution is 0.278. The topological polar surface area (TPSA) is 66.8 Å². The van der Waals surface area contributed by atoms with Crippen LogP contribution in [0, 0.1) is 0 Å². The first kappa shape index (κ1) is 11.3. The number of hydrogen-bond acceptors (Lipinski definition) is 2. The largest absolute Gasteiger partial charge is 0.459 e. The molecule has 0 aromatic carbocycles. The molecule has 2 N–H and O–H groups in total. The maximum absolute atomic E-state index is 10.5. The van der Waals surface area contributed by atoms with Crippen LogP contribution < -0.4 is 0 Å². The summed E-state index contributed by atoms with van der Waals surface area (Å²) in [5.74, 6) is 0. The van der Waals surface area contributed by atoms with E-state index in [1.807, 2.05) is 13.8 Å². The van der Waals surface area contributed by atoms with Crippen LogP contribution in [0.1, 0.15) is 13.8 Å². The molecule has 0 bridgehead atoms. The van der Waals surface area contributed by atoms with Crippen molar-refractivity contribution in [1.82, 2.24) is 0 Å². The number of hydrogen-bond donors (Lipinski definition) is 2. The van der Waals surface area contributed by atoms with Crippen molar-refractivity contribution in [1.29, 1.82) is 0 Å². The molecule has 0 fully saturated rings. The predicted octanol–water partition coefficient (Wildman–Crippen LogP) is 1.71. The van der Waals surface area contributed by atoms with Gasteiger partial charge in [-0.1, -0.05) is 13.8 Å². The second-order valence-electron chi connectivity index (χ2n) is 3.34. The van der Waals surface area contributed by atoms with Crippen molar-refractivity contribution in [3.63, 3.8) is 0 Å².